The summed E-state index contributed by atoms with van der Waals surface area (Å²) in [6, 6.07) is 10.1. The van der Waals surface area contributed by atoms with Crippen LogP contribution in [-0.2, 0) is 13.1 Å². The summed E-state index contributed by atoms with van der Waals surface area (Å²) in [7, 11) is 2.05. The van der Waals surface area contributed by atoms with E-state index >= 15 is 0 Å². The Morgan fingerprint density at radius 2 is 1.79 bits per heavy atom. The summed E-state index contributed by atoms with van der Waals surface area (Å²) in [6.45, 7) is 7.89. The second kappa shape index (κ2) is 6.93. The van der Waals surface area contributed by atoms with E-state index in [9.17, 15) is 0 Å². The molecule has 2 aromatic heterocycles. The number of benzene rings is 1. The second-order valence-electron chi connectivity index (χ2n) is 6.26. The lowest BCUT2D eigenvalue weighted by atomic mass is 10.0. The van der Waals surface area contributed by atoms with Crippen LogP contribution in [0.5, 0.6) is 0 Å². The lowest BCUT2D eigenvalue weighted by Gasteiger charge is -2.17. The molecular formula is C19H22N4O. The number of hydrogen-bond acceptors (Lipinski definition) is 5. The van der Waals surface area contributed by atoms with Gasteiger partial charge in [-0.1, -0.05) is 23.4 Å². The summed E-state index contributed by atoms with van der Waals surface area (Å²) >= 11 is 0. The molecule has 0 saturated carbocycles. The zero-order chi connectivity index (χ0) is 17.1. The maximum absolute atomic E-state index is 5.36. The van der Waals surface area contributed by atoms with Crippen molar-refractivity contribution in [3.05, 3.63) is 64.7 Å². The van der Waals surface area contributed by atoms with Crippen LogP contribution in [0.3, 0.4) is 0 Å². The SMILES string of the molecule is Cc1cc(C)c(CN(C)Cc2nc(-c3ccccn3)no2)cc1C. The standard InChI is InChI=1S/C19H22N4O/c1-13-9-15(3)16(10-14(13)2)11-23(4)12-18-21-19(22-24-18)17-7-5-6-8-20-17/h5-10H,11-12H2,1-4H3. The van der Waals surface area contributed by atoms with Crippen LogP contribution >= 0.6 is 0 Å². The van der Waals surface area contributed by atoms with Crippen molar-refractivity contribution in [2.75, 3.05) is 7.05 Å². The predicted molar refractivity (Wildman–Crippen MR) is 93.4 cm³/mol. The van der Waals surface area contributed by atoms with Gasteiger partial charge in [-0.25, -0.2) is 0 Å². The lowest BCUT2D eigenvalue weighted by molar-refractivity contribution is 0.260. The minimum absolute atomic E-state index is 0.529. The number of pyridine rings is 1. The van der Waals surface area contributed by atoms with Crippen molar-refractivity contribution in [1.82, 2.24) is 20.0 Å². The first-order chi connectivity index (χ1) is 11.5. The third-order valence-electron chi connectivity index (χ3n) is 4.16. The number of aromatic nitrogens is 3. The van der Waals surface area contributed by atoms with Crippen molar-refractivity contribution in [1.29, 1.82) is 0 Å². The van der Waals surface area contributed by atoms with Crippen LogP contribution in [-0.4, -0.2) is 27.1 Å². The topological polar surface area (TPSA) is 55.1 Å². The van der Waals surface area contributed by atoms with Crippen molar-refractivity contribution in [2.45, 2.75) is 33.9 Å². The molecule has 0 radical (unpaired) electrons. The molecule has 2 heterocycles. The summed E-state index contributed by atoms with van der Waals surface area (Å²) < 4.78 is 5.36. The number of aryl methyl sites for hydroxylation is 3. The highest BCUT2D eigenvalue weighted by Crippen LogP contribution is 2.18. The van der Waals surface area contributed by atoms with Crippen LogP contribution in [0.25, 0.3) is 11.5 Å². The molecule has 0 aliphatic heterocycles. The molecule has 0 bridgehead atoms. The van der Waals surface area contributed by atoms with Crippen LogP contribution in [0.15, 0.2) is 41.1 Å². The summed E-state index contributed by atoms with van der Waals surface area (Å²) in [5, 5.41) is 4.01. The van der Waals surface area contributed by atoms with Crippen LogP contribution in [0.2, 0.25) is 0 Å². The molecule has 0 fully saturated rings. The molecular weight excluding hydrogens is 300 g/mol. The van der Waals surface area contributed by atoms with Gasteiger partial charge in [-0.3, -0.25) is 9.88 Å². The average molecular weight is 322 g/mol. The lowest BCUT2D eigenvalue weighted by Crippen LogP contribution is -2.18. The quantitative estimate of drug-likeness (QED) is 0.717. The monoisotopic (exact) mass is 322 g/mol. The van der Waals surface area contributed by atoms with Crippen molar-refractivity contribution in [3.63, 3.8) is 0 Å². The fourth-order valence-corrected chi connectivity index (χ4v) is 2.69. The first-order valence-electron chi connectivity index (χ1n) is 8.02. The van der Waals surface area contributed by atoms with Gasteiger partial charge < -0.3 is 4.52 Å². The average Bonchev–Trinajstić information content (AvgIpc) is 3.02. The molecule has 0 atom stereocenters. The van der Waals surface area contributed by atoms with Gasteiger partial charge >= 0.3 is 0 Å². The molecule has 24 heavy (non-hydrogen) atoms. The fraction of sp³-hybridized carbons (Fsp3) is 0.316. The van der Waals surface area contributed by atoms with E-state index in [1.807, 2.05) is 18.2 Å². The minimum Gasteiger partial charge on any atom is -0.337 e. The molecule has 0 N–H and O–H groups in total. The molecule has 0 unspecified atom stereocenters. The third-order valence-corrected chi connectivity index (χ3v) is 4.16. The molecule has 0 aliphatic rings. The molecule has 0 saturated heterocycles. The van der Waals surface area contributed by atoms with E-state index < -0.39 is 0 Å². The molecule has 0 amide bonds. The van der Waals surface area contributed by atoms with Crippen molar-refractivity contribution >= 4 is 0 Å². The van der Waals surface area contributed by atoms with Crippen molar-refractivity contribution < 1.29 is 4.52 Å². The highest BCUT2D eigenvalue weighted by molar-refractivity contribution is 5.47. The Morgan fingerprint density at radius 1 is 1.00 bits per heavy atom. The Bertz CT molecular complexity index is 827. The summed E-state index contributed by atoms with van der Waals surface area (Å²) in [6.07, 6.45) is 1.72. The Labute approximate surface area is 142 Å². The van der Waals surface area contributed by atoms with Gasteiger partial charge in [0.2, 0.25) is 11.7 Å². The maximum Gasteiger partial charge on any atom is 0.241 e. The van der Waals surface area contributed by atoms with Gasteiger partial charge in [0.25, 0.3) is 0 Å². The van der Waals surface area contributed by atoms with Crippen LogP contribution in [0.4, 0.5) is 0 Å². The number of nitrogens with zero attached hydrogens (tertiary/aromatic N) is 4. The minimum atomic E-state index is 0.529. The largest absolute Gasteiger partial charge is 0.337 e. The zero-order valence-corrected chi connectivity index (χ0v) is 14.6. The Kier molecular flexibility index (Phi) is 4.71. The van der Waals surface area contributed by atoms with Crippen LogP contribution < -0.4 is 0 Å². The van der Waals surface area contributed by atoms with Crippen LogP contribution in [0, 0.1) is 20.8 Å². The van der Waals surface area contributed by atoms with Gasteiger partial charge in [0.1, 0.15) is 5.69 Å². The maximum atomic E-state index is 5.36. The Morgan fingerprint density at radius 3 is 2.54 bits per heavy atom. The third kappa shape index (κ3) is 3.68. The van der Waals surface area contributed by atoms with Gasteiger partial charge in [0.15, 0.2) is 0 Å². The van der Waals surface area contributed by atoms with Gasteiger partial charge in [-0.05, 0) is 62.2 Å². The highest BCUT2D eigenvalue weighted by atomic mass is 16.5. The van der Waals surface area contributed by atoms with E-state index in [1.54, 1.807) is 6.20 Å². The Balaban J connectivity index is 1.69. The summed E-state index contributed by atoms with van der Waals surface area (Å²) in [5.74, 6) is 1.13. The summed E-state index contributed by atoms with van der Waals surface area (Å²) in [4.78, 5) is 10.8. The molecule has 5 heteroatoms. The molecule has 1 aromatic carbocycles. The molecule has 124 valence electrons. The Hall–Kier alpha value is -2.53. The van der Waals surface area contributed by atoms with E-state index in [4.69, 9.17) is 4.52 Å². The van der Waals surface area contributed by atoms with Gasteiger partial charge in [-0.2, -0.15) is 4.98 Å². The number of hydrogen-bond donors (Lipinski definition) is 0. The molecule has 5 nitrogen and oxygen atoms in total. The first-order valence-corrected chi connectivity index (χ1v) is 8.02. The summed E-state index contributed by atoms with van der Waals surface area (Å²) in [5.41, 5.74) is 6.00. The van der Waals surface area contributed by atoms with E-state index in [0.717, 1.165) is 12.2 Å². The molecule has 3 rings (SSSR count). The van der Waals surface area contributed by atoms with E-state index in [2.05, 4.69) is 60.0 Å². The van der Waals surface area contributed by atoms with E-state index in [-0.39, 0.29) is 0 Å². The highest BCUT2D eigenvalue weighted by Gasteiger charge is 2.12. The number of rotatable bonds is 5. The van der Waals surface area contributed by atoms with Crippen molar-refractivity contribution in [2.24, 2.45) is 0 Å². The molecule has 0 aliphatic carbocycles. The van der Waals surface area contributed by atoms with E-state index in [0.29, 0.717) is 18.3 Å². The smallest absolute Gasteiger partial charge is 0.241 e. The van der Waals surface area contributed by atoms with Crippen LogP contribution in [0.1, 0.15) is 28.1 Å². The van der Waals surface area contributed by atoms with Gasteiger partial charge in [0, 0.05) is 12.7 Å². The fourth-order valence-electron chi connectivity index (χ4n) is 2.69. The van der Waals surface area contributed by atoms with Gasteiger partial charge in [-0.15, -0.1) is 0 Å². The van der Waals surface area contributed by atoms with Gasteiger partial charge in [0.05, 0.1) is 6.54 Å². The zero-order valence-electron chi connectivity index (χ0n) is 14.6. The molecule has 3 aromatic rings. The first kappa shape index (κ1) is 16.3. The van der Waals surface area contributed by atoms with E-state index in [1.165, 1.54) is 22.3 Å². The predicted octanol–water partition coefficient (Wildman–Crippen LogP) is 3.69. The normalized spacial score (nSPS) is 11.2. The molecule has 0 spiro atoms. The second-order valence-corrected chi connectivity index (χ2v) is 6.26. The van der Waals surface area contributed by atoms with Crippen molar-refractivity contribution in [3.8, 4) is 11.5 Å².